The predicted molar refractivity (Wildman–Crippen MR) is 78.3 cm³/mol. The van der Waals surface area contributed by atoms with Crippen LogP contribution in [0.4, 0.5) is 0 Å². The van der Waals surface area contributed by atoms with E-state index >= 15 is 0 Å². The number of nitrogens with one attached hydrogen (secondary N) is 1. The predicted octanol–water partition coefficient (Wildman–Crippen LogP) is 3.29. The Morgan fingerprint density at radius 1 is 1.16 bits per heavy atom. The highest BCUT2D eigenvalue weighted by Crippen LogP contribution is 2.16. The van der Waals surface area contributed by atoms with E-state index in [0.29, 0.717) is 5.56 Å². The van der Waals surface area contributed by atoms with E-state index in [1.54, 1.807) is 24.2 Å². The summed E-state index contributed by atoms with van der Waals surface area (Å²) >= 11 is 1.66. The zero-order chi connectivity index (χ0) is 13.7. The average molecular weight is 272 g/mol. The molecule has 0 saturated carbocycles. The second-order valence-electron chi connectivity index (χ2n) is 4.20. The molecule has 3 nitrogen and oxygen atoms in total. The van der Waals surface area contributed by atoms with Crippen LogP contribution in [-0.4, -0.2) is 17.1 Å². The van der Waals surface area contributed by atoms with Gasteiger partial charge in [0.25, 0.3) is 5.91 Å². The molecule has 1 aromatic carbocycles. The first kappa shape index (κ1) is 13.6. The van der Waals surface area contributed by atoms with E-state index in [9.17, 15) is 4.79 Å². The number of carbonyl (C=O) groups excluding carboxylic acids is 1. The molecule has 1 heterocycles. The Morgan fingerprint density at radius 2 is 1.79 bits per heavy atom. The van der Waals surface area contributed by atoms with Crippen molar-refractivity contribution in [1.82, 2.24) is 10.3 Å². The highest BCUT2D eigenvalue weighted by atomic mass is 32.2. The van der Waals surface area contributed by atoms with Gasteiger partial charge in [-0.2, -0.15) is 0 Å². The maximum absolute atomic E-state index is 12.1. The Hall–Kier alpha value is -1.81. The van der Waals surface area contributed by atoms with Gasteiger partial charge in [0, 0.05) is 22.9 Å². The minimum Gasteiger partial charge on any atom is -0.346 e. The Balaban J connectivity index is 2.04. The molecule has 1 amide bonds. The minimum atomic E-state index is -0.0584. The fourth-order valence-corrected chi connectivity index (χ4v) is 2.17. The van der Waals surface area contributed by atoms with Gasteiger partial charge in [0.2, 0.25) is 0 Å². The summed E-state index contributed by atoms with van der Waals surface area (Å²) in [5.74, 6) is -0.0584. The first-order valence-corrected chi connectivity index (χ1v) is 7.28. The third kappa shape index (κ3) is 3.58. The molecule has 4 heteroatoms. The molecule has 0 spiro atoms. The van der Waals surface area contributed by atoms with Crippen LogP contribution in [0.2, 0.25) is 0 Å². The van der Waals surface area contributed by atoms with E-state index in [1.807, 2.05) is 49.6 Å². The standard InChI is InChI=1S/C15H16N2OS/c1-11(12-7-9-16-10-8-12)17-15(18)13-3-5-14(19-2)6-4-13/h3-11H,1-2H3,(H,17,18)/t11-/m1/s1. The van der Waals surface area contributed by atoms with Crippen molar-refractivity contribution in [3.05, 3.63) is 59.9 Å². The van der Waals surface area contributed by atoms with Gasteiger partial charge in [0.1, 0.15) is 0 Å². The minimum absolute atomic E-state index is 0.0317. The first-order chi connectivity index (χ1) is 9.20. The third-order valence-corrected chi connectivity index (χ3v) is 3.65. The molecule has 0 aliphatic heterocycles. The van der Waals surface area contributed by atoms with Gasteiger partial charge >= 0.3 is 0 Å². The number of hydrogen-bond donors (Lipinski definition) is 1. The molecule has 19 heavy (non-hydrogen) atoms. The summed E-state index contributed by atoms with van der Waals surface area (Å²) < 4.78 is 0. The molecule has 0 saturated heterocycles. The van der Waals surface area contributed by atoms with Crippen molar-refractivity contribution in [3.63, 3.8) is 0 Å². The van der Waals surface area contributed by atoms with E-state index < -0.39 is 0 Å². The summed E-state index contributed by atoms with van der Waals surface area (Å²) in [6.45, 7) is 1.96. The van der Waals surface area contributed by atoms with Gasteiger partial charge < -0.3 is 5.32 Å². The smallest absolute Gasteiger partial charge is 0.251 e. The molecule has 2 rings (SSSR count). The van der Waals surface area contributed by atoms with Gasteiger partial charge in [-0.1, -0.05) is 0 Å². The normalized spacial score (nSPS) is 11.9. The van der Waals surface area contributed by atoms with Crippen LogP contribution in [0, 0.1) is 0 Å². The number of aromatic nitrogens is 1. The van der Waals surface area contributed by atoms with Crippen molar-refractivity contribution in [2.45, 2.75) is 17.9 Å². The maximum Gasteiger partial charge on any atom is 0.251 e. The fraction of sp³-hybridized carbons (Fsp3) is 0.200. The Bertz CT molecular complexity index is 540. The van der Waals surface area contributed by atoms with Gasteiger partial charge in [-0.3, -0.25) is 9.78 Å². The molecule has 0 unspecified atom stereocenters. The molecule has 0 fully saturated rings. The number of benzene rings is 1. The van der Waals surface area contributed by atoms with Crippen molar-refractivity contribution >= 4 is 17.7 Å². The number of nitrogens with zero attached hydrogens (tertiary/aromatic N) is 1. The number of thioether (sulfide) groups is 1. The van der Waals surface area contributed by atoms with Crippen molar-refractivity contribution in [2.24, 2.45) is 0 Å². The molecule has 0 bridgehead atoms. The largest absolute Gasteiger partial charge is 0.346 e. The number of carbonyl (C=O) groups is 1. The summed E-state index contributed by atoms with van der Waals surface area (Å²) in [4.78, 5) is 17.2. The second-order valence-corrected chi connectivity index (χ2v) is 5.08. The lowest BCUT2D eigenvalue weighted by Crippen LogP contribution is -2.26. The van der Waals surface area contributed by atoms with Crippen LogP contribution in [0.5, 0.6) is 0 Å². The number of pyridine rings is 1. The molecule has 1 N–H and O–H groups in total. The highest BCUT2D eigenvalue weighted by molar-refractivity contribution is 7.98. The first-order valence-electron chi connectivity index (χ1n) is 6.05. The van der Waals surface area contributed by atoms with Gasteiger partial charge in [-0.05, 0) is 55.1 Å². The summed E-state index contributed by atoms with van der Waals surface area (Å²) in [5, 5.41) is 2.98. The molecule has 2 aromatic rings. The lowest BCUT2D eigenvalue weighted by molar-refractivity contribution is 0.0940. The molecule has 98 valence electrons. The Kier molecular flexibility index (Phi) is 4.58. The zero-order valence-electron chi connectivity index (χ0n) is 11.0. The summed E-state index contributed by atoms with van der Waals surface area (Å²) in [7, 11) is 0. The fourth-order valence-electron chi connectivity index (χ4n) is 1.76. The number of hydrogen-bond acceptors (Lipinski definition) is 3. The highest BCUT2D eigenvalue weighted by Gasteiger charge is 2.10. The van der Waals surface area contributed by atoms with Gasteiger partial charge in [0.05, 0.1) is 6.04 Å². The second kappa shape index (κ2) is 6.38. The Morgan fingerprint density at radius 3 is 2.37 bits per heavy atom. The van der Waals surface area contributed by atoms with E-state index in [1.165, 1.54) is 0 Å². The lowest BCUT2D eigenvalue weighted by atomic mass is 10.1. The van der Waals surface area contributed by atoms with Gasteiger partial charge in [-0.15, -0.1) is 11.8 Å². The van der Waals surface area contributed by atoms with Crippen LogP contribution in [0.15, 0.2) is 53.7 Å². The quantitative estimate of drug-likeness (QED) is 0.868. The van der Waals surface area contributed by atoms with Crippen LogP contribution in [0.1, 0.15) is 28.9 Å². The topological polar surface area (TPSA) is 42.0 Å². The maximum atomic E-state index is 12.1. The monoisotopic (exact) mass is 272 g/mol. The molecule has 1 aromatic heterocycles. The van der Waals surface area contributed by atoms with Crippen LogP contribution >= 0.6 is 11.8 Å². The van der Waals surface area contributed by atoms with Crippen LogP contribution in [0.25, 0.3) is 0 Å². The molecular formula is C15H16N2OS. The Labute approximate surface area is 117 Å². The molecule has 0 radical (unpaired) electrons. The van der Waals surface area contributed by atoms with E-state index in [4.69, 9.17) is 0 Å². The summed E-state index contributed by atoms with van der Waals surface area (Å²) in [6.07, 6.45) is 5.47. The van der Waals surface area contributed by atoms with E-state index in [-0.39, 0.29) is 11.9 Å². The summed E-state index contributed by atoms with van der Waals surface area (Å²) in [5.41, 5.74) is 1.72. The van der Waals surface area contributed by atoms with Gasteiger partial charge in [-0.25, -0.2) is 0 Å². The number of amides is 1. The van der Waals surface area contributed by atoms with Gasteiger partial charge in [0.15, 0.2) is 0 Å². The molecular weight excluding hydrogens is 256 g/mol. The van der Waals surface area contributed by atoms with Crippen LogP contribution in [-0.2, 0) is 0 Å². The van der Waals surface area contributed by atoms with E-state index in [0.717, 1.165) is 10.5 Å². The third-order valence-electron chi connectivity index (χ3n) is 2.91. The number of rotatable bonds is 4. The van der Waals surface area contributed by atoms with E-state index in [2.05, 4.69) is 10.3 Å². The van der Waals surface area contributed by atoms with Crippen molar-refractivity contribution < 1.29 is 4.79 Å². The SMILES string of the molecule is CSc1ccc(C(=O)N[C@H](C)c2ccncc2)cc1. The molecule has 0 aliphatic rings. The van der Waals surface area contributed by atoms with Crippen molar-refractivity contribution in [2.75, 3.05) is 6.26 Å². The molecule has 0 aliphatic carbocycles. The molecule has 1 atom stereocenters. The average Bonchev–Trinajstić information content (AvgIpc) is 2.48. The van der Waals surface area contributed by atoms with Crippen LogP contribution < -0.4 is 5.32 Å². The van der Waals surface area contributed by atoms with Crippen LogP contribution in [0.3, 0.4) is 0 Å². The van der Waals surface area contributed by atoms with Crippen molar-refractivity contribution in [3.8, 4) is 0 Å². The summed E-state index contributed by atoms with van der Waals surface area (Å²) in [6, 6.07) is 11.4. The lowest BCUT2D eigenvalue weighted by Gasteiger charge is -2.14. The zero-order valence-corrected chi connectivity index (χ0v) is 11.8. The van der Waals surface area contributed by atoms with Crippen molar-refractivity contribution in [1.29, 1.82) is 0 Å².